The molecule has 0 saturated carbocycles. The average molecular weight is 532 g/mol. The van der Waals surface area contributed by atoms with Gasteiger partial charge in [-0.15, -0.1) is 0 Å². The Balaban J connectivity index is 1.49. The van der Waals surface area contributed by atoms with Crippen LogP contribution in [0, 0.1) is 5.41 Å². The van der Waals surface area contributed by atoms with E-state index in [-0.39, 0.29) is 35.0 Å². The molecule has 0 atom stereocenters. The van der Waals surface area contributed by atoms with Crippen LogP contribution in [0.4, 0.5) is 13.2 Å². The Bertz CT molecular complexity index is 1470. The molecule has 0 fully saturated rings. The van der Waals surface area contributed by atoms with Gasteiger partial charge in [0.2, 0.25) is 11.5 Å². The van der Waals surface area contributed by atoms with Crippen LogP contribution in [-0.2, 0) is 17.8 Å². The van der Waals surface area contributed by atoms with Crippen molar-refractivity contribution >= 4 is 35.1 Å². The van der Waals surface area contributed by atoms with Gasteiger partial charge in [0.1, 0.15) is 0 Å². The van der Waals surface area contributed by atoms with E-state index in [0.717, 1.165) is 17.7 Å². The summed E-state index contributed by atoms with van der Waals surface area (Å²) in [5.74, 6) is -0.551. The molecule has 0 radical (unpaired) electrons. The first-order chi connectivity index (χ1) is 17.3. The number of oxazole rings is 1. The van der Waals surface area contributed by atoms with Crippen molar-refractivity contribution in [2.75, 3.05) is 0 Å². The molecule has 37 heavy (non-hydrogen) atoms. The van der Waals surface area contributed by atoms with Crippen molar-refractivity contribution in [1.82, 2.24) is 15.6 Å². The van der Waals surface area contributed by atoms with E-state index in [4.69, 9.17) is 16.0 Å². The Labute approximate surface area is 216 Å². The van der Waals surface area contributed by atoms with E-state index in [0.29, 0.717) is 28.8 Å². The van der Waals surface area contributed by atoms with Crippen LogP contribution in [0.25, 0.3) is 11.6 Å². The lowest BCUT2D eigenvalue weighted by Crippen LogP contribution is -2.34. The molecule has 2 amide bonds. The van der Waals surface area contributed by atoms with Crippen molar-refractivity contribution in [2.45, 2.75) is 46.3 Å². The van der Waals surface area contributed by atoms with Crippen molar-refractivity contribution < 1.29 is 27.2 Å². The van der Waals surface area contributed by atoms with Gasteiger partial charge < -0.3 is 15.1 Å². The number of hydrogen-bond acceptors (Lipinski definition) is 4. The first kappa shape index (κ1) is 26.5. The number of carbonyl (C=O) groups is 2. The molecular formula is C27H25ClF3N3O3. The molecule has 10 heteroatoms. The Morgan fingerprint density at radius 3 is 2.51 bits per heavy atom. The van der Waals surface area contributed by atoms with Crippen LogP contribution in [0.5, 0.6) is 0 Å². The minimum absolute atomic E-state index is 0.0484. The number of hydrogen-bond donors (Lipinski definition) is 2. The Kier molecular flexibility index (Phi) is 7.19. The zero-order valence-electron chi connectivity index (χ0n) is 20.4. The second kappa shape index (κ2) is 10.0. The molecule has 2 aliphatic carbocycles. The summed E-state index contributed by atoms with van der Waals surface area (Å²) < 4.78 is 44.3. The van der Waals surface area contributed by atoms with E-state index < -0.39 is 23.1 Å². The zero-order valence-corrected chi connectivity index (χ0v) is 21.2. The largest absolute Gasteiger partial charge is 0.437 e. The fraction of sp³-hybridized carbons (Fsp3) is 0.296. The van der Waals surface area contributed by atoms with E-state index in [2.05, 4.69) is 15.6 Å². The SMILES string of the molecule is CC(C)(C)C(=O)NCc1ccc(Cl)c(C(=O)NC2=CCc3nc(=C4C=CC(C(F)(F)F)=CC4)oc3=C2)c1. The summed E-state index contributed by atoms with van der Waals surface area (Å²) >= 11 is 6.26. The fourth-order valence-corrected chi connectivity index (χ4v) is 3.87. The van der Waals surface area contributed by atoms with Gasteiger partial charge in [-0.1, -0.05) is 56.7 Å². The van der Waals surface area contributed by atoms with Crippen molar-refractivity contribution in [3.05, 3.63) is 86.6 Å². The van der Waals surface area contributed by atoms with Gasteiger partial charge in [-0.3, -0.25) is 9.59 Å². The molecule has 4 rings (SSSR count). The second-order valence-electron chi connectivity index (χ2n) is 9.76. The number of nitrogens with one attached hydrogen (secondary N) is 2. The Morgan fingerprint density at radius 2 is 1.86 bits per heavy atom. The lowest BCUT2D eigenvalue weighted by Gasteiger charge is -2.18. The third-order valence-electron chi connectivity index (χ3n) is 5.80. The van der Waals surface area contributed by atoms with Crippen LogP contribution >= 0.6 is 11.6 Å². The highest BCUT2D eigenvalue weighted by molar-refractivity contribution is 6.33. The molecule has 1 heterocycles. The van der Waals surface area contributed by atoms with Crippen molar-refractivity contribution in [2.24, 2.45) is 5.41 Å². The third kappa shape index (κ3) is 6.22. The lowest BCUT2D eigenvalue weighted by atomic mass is 9.95. The molecule has 6 nitrogen and oxygen atoms in total. The molecule has 2 aliphatic rings. The zero-order chi connectivity index (χ0) is 27.0. The number of fused-ring (bicyclic) bond motifs is 1. The summed E-state index contributed by atoms with van der Waals surface area (Å²) in [6, 6.07) is 4.96. The standard InChI is InChI=1S/C27H25ClF3N3O3/c1-26(2,3)25(36)32-14-15-4-10-20(28)19(12-15)23(35)33-18-9-11-21-22(13-18)37-24(34-21)16-5-7-17(8-6-16)27(29,30)31/h4-5,7-10,12-13H,6,11,14H2,1-3H3,(H,32,36)(H,33,35). The number of aromatic nitrogens is 1. The summed E-state index contributed by atoms with van der Waals surface area (Å²) in [4.78, 5) is 29.5. The van der Waals surface area contributed by atoms with Crippen LogP contribution in [-0.4, -0.2) is 23.0 Å². The third-order valence-corrected chi connectivity index (χ3v) is 6.13. The predicted octanol–water partition coefficient (Wildman–Crippen LogP) is 4.24. The number of halogens is 4. The average Bonchev–Trinajstić information content (AvgIpc) is 3.25. The van der Waals surface area contributed by atoms with Crippen molar-refractivity contribution in [3.8, 4) is 0 Å². The van der Waals surface area contributed by atoms with Gasteiger partial charge >= 0.3 is 6.18 Å². The van der Waals surface area contributed by atoms with Crippen LogP contribution in [0.15, 0.2) is 58.2 Å². The van der Waals surface area contributed by atoms with Crippen LogP contribution < -0.4 is 21.6 Å². The minimum atomic E-state index is -4.40. The summed E-state index contributed by atoms with van der Waals surface area (Å²) in [5, 5.41) is 5.89. The monoisotopic (exact) mass is 531 g/mol. The van der Waals surface area contributed by atoms with Gasteiger partial charge in [-0.05, 0) is 30.2 Å². The number of carbonyl (C=O) groups excluding carboxylic acids is 2. The molecular weight excluding hydrogens is 507 g/mol. The van der Waals surface area contributed by atoms with E-state index in [1.807, 2.05) is 20.8 Å². The number of nitrogens with zero attached hydrogens (tertiary/aromatic N) is 1. The highest BCUT2D eigenvalue weighted by Gasteiger charge is 2.32. The molecule has 0 saturated heterocycles. The van der Waals surface area contributed by atoms with Gasteiger partial charge in [0.05, 0.1) is 21.9 Å². The van der Waals surface area contributed by atoms with Gasteiger partial charge in [-0.25, -0.2) is 4.98 Å². The lowest BCUT2D eigenvalue weighted by molar-refractivity contribution is -0.128. The van der Waals surface area contributed by atoms with E-state index in [1.54, 1.807) is 30.4 Å². The molecule has 0 bridgehead atoms. The number of alkyl halides is 3. The fourth-order valence-electron chi connectivity index (χ4n) is 3.67. The molecule has 194 valence electrons. The van der Waals surface area contributed by atoms with Gasteiger partial charge in [0, 0.05) is 35.7 Å². The highest BCUT2D eigenvalue weighted by atomic mass is 35.5. The number of benzene rings is 1. The van der Waals surface area contributed by atoms with Crippen LogP contribution in [0.3, 0.4) is 0 Å². The summed E-state index contributed by atoms with van der Waals surface area (Å²) in [6.07, 6.45) is 2.85. The Hall–Kier alpha value is -3.59. The number of allylic oxidation sites excluding steroid dienone is 6. The van der Waals surface area contributed by atoms with Crippen LogP contribution in [0.2, 0.25) is 5.02 Å². The molecule has 1 aromatic carbocycles. The molecule has 2 aromatic rings. The van der Waals surface area contributed by atoms with Gasteiger partial charge in [0.15, 0.2) is 5.42 Å². The smallest absolute Gasteiger partial charge is 0.416 e. The van der Waals surface area contributed by atoms with Gasteiger partial charge in [-0.2, -0.15) is 13.2 Å². The normalized spacial score (nSPS) is 16.8. The summed E-state index contributed by atoms with van der Waals surface area (Å²) in [6.45, 7) is 5.68. The summed E-state index contributed by atoms with van der Waals surface area (Å²) in [7, 11) is 0. The van der Waals surface area contributed by atoms with Crippen molar-refractivity contribution in [1.29, 1.82) is 0 Å². The van der Waals surface area contributed by atoms with Crippen LogP contribution in [0.1, 0.15) is 48.8 Å². The Morgan fingerprint density at radius 1 is 1.11 bits per heavy atom. The van der Waals surface area contributed by atoms with E-state index >= 15 is 0 Å². The quantitative estimate of drug-likeness (QED) is 0.618. The highest BCUT2D eigenvalue weighted by Crippen LogP contribution is 2.30. The second-order valence-corrected chi connectivity index (χ2v) is 10.2. The van der Waals surface area contributed by atoms with Gasteiger partial charge in [0.25, 0.3) is 5.91 Å². The maximum Gasteiger partial charge on any atom is 0.416 e. The topological polar surface area (TPSA) is 84.2 Å². The molecule has 0 unspecified atom stereocenters. The first-order valence-electron chi connectivity index (χ1n) is 11.6. The number of rotatable bonds is 4. The first-order valence-corrected chi connectivity index (χ1v) is 11.9. The molecule has 1 aromatic heterocycles. The van der Waals surface area contributed by atoms with E-state index in [9.17, 15) is 22.8 Å². The molecule has 2 N–H and O–H groups in total. The maximum absolute atomic E-state index is 13.0. The van der Waals surface area contributed by atoms with Crippen molar-refractivity contribution in [3.63, 3.8) is 0 Å². The summed E-state index contributed by atoms with van der Waals surface area (Å²) in [5.41, 5.74) is 2.01. The molecule has 0 spiro atoms. The minimum Gasteiger partial charge on any atom is -0.437 e. The molecule has 0 aliphatic heterocycles. The van der Waals surface area contributed by atoms with E-state index in [1.165, 1.54) is 6.08 Å². The predicted molar refractivity (Wildman–Crippen MR) is 134 cm³/mol. The maximum atomic E-state index is 13.0. The number of amides is 2.